The Balaban J connectivity index is 3.63. The Morgan fingerprint density at radius 2 is 1.94 bits per heavy atom. The van der Waals surface area contributed by atoms with E-state index in [-0.39, 0.29) is 12.0 Å². The molecule has 0 aromatic carbocycles. The number of hydrogen-bond donors (Lipinski definition) is 1. The summed E-state index contributed by atoms with van der Waals surface area (Å²) < 4.78 is 5.05. The van der Waals surface area contributed by atoms with Crippen molar-refractivity contribution in [3.63, 3.8) is 0 Å². The average Bonchev–Trinajstić information content (AvgIpc) is 2.31. The van der Waals surface area contributed by atoms with E-state index in [1.54, 1.807) is 0 Å². The van der Waals surface area contributed by atoms with E-state index >= 15 is 0 Å². The quantitative estimate of drug-likeness (QED) is 0.606. The van der Waals surface area contributed by atoms with E-state index in [2.05, 4.69) is 24.1 Å². The van der Waals surface area contributed by atoms with Crippen LogP contribution in [0.5, 0.6) is 0 Å². The van der Waals surface area contributed by atoms with Crippen molar-refractivity contribution in [2.24, 2.45) is 0 Å². The summed E-state index contributed by atoms with van der Waals surface area (Å²) in [6, 6.07) is -0.206. The summed E-state index contributed by atoms with van der Waals surface area (Å²) >= 11 is 0. The zero-order chi connectivity index (χ0) is 12.4. The van der Waals surface area contributed by atoms with Gasteiger partial charge in [-0.2, -0.15) is 0 Å². The highest BCUT2D eigenvalue weighted by molar-refractivity contribution is 5.75. The van der Waals surface area contributed by atoms with Crippen LogP contribution in [0, 0.1) is 0 Å². The molecule has 1 unspecified atom stereocenters. The van der Waals surface area contributed by atoms with Crippen LogP contribution in [-0.4, -0.2) is 49.7 Å². The molecule has 0 amide bonds. The molecule has 1 atom stereocenters. The minimum absolute atomic E-state index is 0.151. The number of esters is 1. The molecule has 0 bridgehead atoms. The summed E-state index contributed by atoms with van der Waals surface area (Å²) in [4.78, 5) is 13.7. The van der Waals surface area contributed by atoms with E-state index in [0.717, 1.165) is 32.6 Å². The molecule has 0 aromatic heterocycles. The molecule has 0 spiro atoms. The van der Waals surface area contributed by atoms with Gasteiger partial charge in [-0.05, 0) is 26.4 Å². The topological polar surface area (TPSA) is 41.6 Å². The molecule has 96 valence electrons. The molecule has 4 heteroatoms. The first-order chi connectivity index (χ1) is 7.65. The van der Waals surface area contributed by atoms with Gasteiger partial charge in [-0.25, -0.2) is 0 Å². The third-order valence-electron chi connectivity index (χ3n) is 2.57. The van der Waals surface area contributed by atoms with Gasteiger partial charge < -0.3 is 15.0 Å². The second kappa shape index (κ2) is 9.60. The fourth-order valence-corrected chi connectivity index (χ4v) is 1.39. The summed E-state index contributed by atoms with van der Waals surface area (Å²) in [5.41, 5.74) is 0. The Hall–Kier alpha value is -0.610. The molecule has 16 heavy (non-hydrogen) atoms. The molecule has 0 aliphatic heterocycles. The monoisotopic (exact) mass is 230 g/mol. The van der Waals surface area contributed by atoms with Gasteiger partial charge in [0.15, 0.2) is 0 Å². The molecule has 1 N–H and O–H groups in total. The first-order valence-electron chi connectivity index (χ1n) is 6.28. The van der Waals surface area contributed by atoms with Gasteiger partial charge in [-0.1, -0.05) is 20.8 Å². The molecule has 0 aliphatic rings. The highest BCUT2D eigenvalue weighted by Gasteiger charge is 2.12. The minimum Gasteiger partial charge on any atom is -0.465 e. The van der Waals surface area contributed by atoms with Crippen LogP contribution in [0.3, 0.4) is 0 Å². The normalized spacial score (nSPS) is 12.8. The maximum atomic E-state index is 11.4. The first-order valence-corrected chi connectivity index (χ1v) is 6.28. The van der Waals surface area contributed by atoms with Crippen molar-refractivity contribution < 1.29 is 9.53 Å². The van der Waals surface area contributed by atoms with Crippen LogP contribution < -0.4 is 5.32 Å². The standard InChI is InChI=1S/C12H26N2O2/c1-5-10-16-12(15)11(4)13-8-9-14(6-2)7-3/h11,13H,5-10H2,1-4H3. The molecule has 4 nitrogen and oxygen atoms in total. The van der Waals surface area contributed by atoms with Gasteiger partial charge in [0.05, 0.1) is 6.61 Å². The van der Waals surface area contributed by atoms with Crippen molar-refractivity contribution in [1.82, 2.24) is 10.2 Å². The SMILES string of the molecule is CCCOC(=O)C(C)NCCN(CC)CC. The van der Waals surface area contributed by atoms with Crippen molar-refractivity contribution in [2.75, 3.05) is 32.8 Å². The van der Waals surface area contributed by atoms with Gasteiger partial charge >= 0.3 is 5.97 Å². The summed E-state index contributed by atoms with van der Waals surface area (Å²) in [6.07, 6.45) is 0.873. The predicted molar refractivity (Wildman–Crippen MR) is 66.5 cm³/mol. The smallest absolute Gasteiger partial charge is 0.322 e. The number of ether oxygens (including phenoxy) is 1. The van der Waals surface area contributed by atoms with Crippen LogP contribution in [0.25, 0.3) is 0 Å². The lowest BCUT2D eigenvalue weighted by Crippen LogP contribution is -2.40. The van der Waals surface area contributed by atoms with Crippen molar-refractivity contribution >= 4 is 5.97 Å². The van der Waals surface area contributed by atoms with Gasteiger partial charge in [-0.15, -0.1) is 0 Å². The highest BCUT2D eigenvalue weighted by Crippen LogP contribution is 1.91. The van der Waals surface area contributed by atoms with Gasteiger partial charge in [0.2, 0.25) is 0 Å². The maximum Gasteiger partial charge on any atom is 0.322 e. The van der Waals surface area contributed by atoms with E-state index in [4.69, 9.17) is 4.74 Å². The molecule has 0 fully saturated rings. The zero-order valence-electron chi connectivity index (χ0n) is 11.1. The van der Waals surface area contributed by atoms with Gasteiger partial charge in [0, 0.05) is 13.1 Å². The van der Waals surface area contributed by atoms with Crippen molar-refractivity contribution in [3.8, 4) is 0 Å². The lowest BCUT2D eigenvalue weighted by Gasteiger charge is -2.19. The highest BCUT2D eigenvalue weighted by atomic mass is 16.5. The predicted octanol–water partition coefficient (Wildman–Crippen LogP) is 1.26. The molecule has 0 radical (unpaired) electrons. The fourth-order valence-electron chi connectivity index (χ4n) is 1.39. The summed E-state index contributed by atoms with van der Waals surface area (Å²) in [5.74, 6) is -0.151. The summed E-state index contributed by atoms with van der Waals surface area (Å²) in [6.45, 7) is 12.5. The van der Waals surface area contributed by atoms with Gasteiger partial charge in [-0.3, -0.25) is 4.79 Å². The van der Waals surface area contributed by atoms with Gasteiger partial charge in [0.1, 0.15) is 6.04 Å². The second-order valence-electron chi connectivity index (χ2n) is 3.87. The van der Waals surface area contributed by atoms with E-state index in [1.807, 2.05) is 13.8 Å². The van der Waals surface area contributed by atoms with E-state index in [0.29, 0.717) is 6.61 Å². The Morgan fingerprint density at radius 3 is 2.44 bits per heavy atom. The van der Waals surface area contributed by atoms with Crippen molar-refractivity contribution in [2.45, 2.75) is 40.2 Å². The first kappa shape index (κ1) is 15.4. The number of nitrogens with zero attached hydrogens (tertiary/aromatic N) is 1. The van der Waals surface area contributed by atoms with Gasteiger partial charge in [0.25, 0.3) is 0 Å². The second-order valence-corrected chi connectivity index (χ2v) is 3.87. The Kier molecular flexibility index (Phi) is 9.24. The third-order valence-corrected chi connectivity index (χ3v) is 2.57. The summed E-state index contributed by atoms with van der Waals surface area (Å²) in [5, 5.41) is 3.17. The number of rotatable bonds is 9. The molecule has 0 rings (SSSR count). The summed E-state index contributed by atoms with van der Waals surface area (Å²) in [7, 11) is 0. The van der Waals surface area contributed by atoms with Crippen molar-refractivity contribution in [1.29, 1.82) is 0 Å². The van der Waals surface area contributed by atoms with E-state index < -0.39 is 0 Å². The van der Waals surface area contributed by atoms with Crippen LogP contribution >= 0.6 is 0 Å². The minimum atomic E-state index is -0.206. The Labute approximate surface area is 99.3 Å². The number of likely N-dealkylation sites (N-methyl/N-ethyl adjacent to an activating group) is 1. The average molecular weight is 230 g/mol. The van der Waals surface area contributed by atoms with Crippen LogP contribution in [0.4, 0.5) is 0 Å². The molecular formula is C12H26N2O2. The maximum absolute atomic E-state index is 11.4. The Bertz CT molecular complexity index is 182. The lowest BCUT2D eigenvalue weighted by molar-refractivity contribution is -0.145. The number of carbonyl (C=O) groups is 1. The van der Waals surface area contributed by atoms with Crippen LogP contribution in [0.15, 0.2) is 0 Å². The zero-order valence-corrected chi connectivity index (χ0v) is 11.1. The molecule has 0 aromatic rings. The van der Waals surface area contributed by atoms with Crippen LogP contribution in [0.2, 0.25) is 0 Å². The van der Waals surface area contributed by atoms with Crippen LogP contribution in [0.1, 0.15) is 34.1 Å². The Morgan fingerprint density at radius 1 is 1.31 bits per heavy atom. The van der Waals surface area contributed by atoms with E-state index in [9.17, 15) is 4.79 Å². The molecular weight excluding hydrogens is 204 g/mol. The third kappa shape index (κ3) is 6.80. The van der Waals surface area contributed by atoms with Crippen molar-refractivity contribution in [3.05, 3.63) is 0 Å². The number of hydrogen-bond acceptors (Lipinski definition) is 4. The molecule has 0 saturated carbocycles. The molecule has 0 aliphatic carbocycles. The van der Waals surface area contributed by atoms with E-state index in [1.165, 1.54) is 0 Å². The lowest BCUT2D eigenvalue weighted by atomic mass is 10.3. The van der Waals surface area contributed by atoms with Crippen LogP contribution in [-0.2, 0) is 9.53 Å². The molecule has 0 heterocycles. The fraction of sp³-hybridized carbons (Fsp3) is 0.917. The number of nitrogens with one attached hydrogen (secondary N) is 1. The number of carbonyl (C=O) groups excluding carboxylic acids is 1. The molecule has 0 saturated heterocycles. The largest absolute Gasteiger partial charge is 0.465 e.